The van der Waals surface area contributed by atoms with Crippen LogP contribution in [-0.2, 0) is 0 Å². The van der Waals surface area contributed by atoms with Crippen LogP contribution in [0, 0.1) is 17.2 Å². The molecule has 2 atom stereocenters. The van der Waals surface area contributed by atoms with Gasteiger partial charge in [0.15, 0.2) is 0 Å². The van der Waals surface area contributed by atoms with Gasteiger partial charge in [0.2, 0.25) is 0 Å². The van der Waals surface area contributed by atoms with Crippen LogP contribution in [0.2, 0.25) is 0 Å². The number of nitrogens with zero attached hydrogens (tertiary/aromatic N) is 1. The fraction of sp³-hybridized carbons (Fsp3) is 0.417. The molecule has 1 aromatic rings. The highest BCUT2D eigenvalue weighted by Gasteiger charge is 2.25. The predicted octanol–water partition coefficient (Wildman–Crippen LogP) is 1.61. The Morgan fingerprint density at radius 3 is 2.73 bits per heavy atom. The van der Waals surface area contributed by atoms with E-state index >= 15 is 0 Å². The zero-order chi connectivity index (χ0) is 10.7. The molecule has 2 rings (SSSR count). The lowest BCUT2D eigenvalue weighted by atomic mass is 9.82. The molecule has 2 unspecified atom stereocenters. The Kier molecular flexibility index (Phi) is 2.89. The first kappa shape index (κ1) is 10.0. The third-order valence-corrected chi connectivity index (χ3v) is 2.97. The highest BCUT2D eigenvalue weighted by atomic mass is 16.3. The first-order valence-corrected chi connectivity index (χ1v) is 5.20. The van der Waals surface area contributed by atoms with Crippen molar-refractivity contribution in [2.45, 2.75) is 12.3 Å². The first-order valence-electron chi connectivity index (χ1n) is 5.20. The van der Waals surface area contributed by atoms with Crippen LogP contribution in [0.15, 0.2) is 24.3 Å². The van der Waals surface area contributed by atoms with E-state index in [1.807, 2.05) is 12.1 Å². The largest absolute Gasteiger partial charge is 0.508 e. The van der Waals surface area contributed by atoms with E-state index in [0.717, 1.165) is 25.1 Å². The van der Waals surface area contributed by atoms with Gasteiger partial charge in [0.1, 0.15) is 5.75 Å². The molecular formula is C12H14N2O. The van der Waals surface area contributed by atoms with Crippen molar-refractivity contribution in [3.63, 3.8) is 0 Å². The Morgan fingerprint density at radius 2 is 2.07 bits per heavy atom. The summed E-state index contributed by atoms with van der Waals surface area (Å²) >= 11 is 0. The Balaban J connectivity index is 2.21. The first-order chi connectivity index (χ1) is 7.31. The van der Waals surface area contributed by atoms with Crippen LogP contribution in [-0.4, -0.2) is 18.2 Å². The maximum Gasteiger partial charge on any atom is 0.115 e. The molecular weight excluding hydrogens is 188 g/mol. The average molecular weight is 202 g/mol. The molecule has 0 saturated carbocycles. The van der Waals surface area contributed by atoms with Crippen LogP contribution < -0.4 is 5.32 Å². The SMILES string of the molecule is N#CC1CCNCC1c1ccc(O)cc1. The summed E-state index contributed by atoms with van der Waals surface area (Å²) in [6.07, 6.45) is 0.905. The number of rotatable bonds is 1. The molecule has 0 amide bonds. The molecule has 1 aliphatic heterocycles. The van der Waals surface area contributed by atoms with E-state index in [2.05, 4.69) is 11.4 Å². The topological polar surface area (TPSA) is 56.0 Å². The minimum atomic E-state index is 0.0933. The smallest absolute Gasteiger partial charge is 0.115 e. The van der Waals surface area contributed by atoms with Crippen LogP contribution in [0.4, 0.5) is 0 Å². The molecule has 1 aromatic carbocycles. The second-order valence-electron chi connectivity index (χ2n) is 3.93. The normalized spacial score (nSPS) is 25.8. The average Bonchev–Trinajstić information content (AvgIpc) is 2.30. The van der Waals surface area contributed by atoms with Gasteiger partial charge in [0.05, 0.1) is 12.0 Å². The van der Waals surface area contributed by atoms with Gasteiger partial charge in [-0.15, -0.1) is 0 Å². The highest BCUT2D eigenvalue weighted by molar-refractivity contribution is 5.30. The number of hydrogen-bond acceptors (Lipinski definition) is 3. The van der Waals surface area contributed by atoms with E-state index in [1.165, 1.54) is 0 Å². The highest BCUT2D eigenvalue weighted by Crippen LogP contribution is 2.29. The molecule has 3 heteroatoms. The van der Waals surface area contributed by atoms with E-state index in [-0.39, 0.29) is 17.6 Å². The summed E-state index contributed by atoms with van der Waals surface area (Å²) in [4.78, 5) is 0. The summed E-state index contributed by atoms with van der Waals surface area (Å²) in [7, 11) is 0. The third-order valence-electron chi connectivity index (χ3n) is 2.97. The van der Waals surface area contributed by atoms with Gasteiger partial charge in [-0.2, -0.15) is 5.26 Å². The zero-order valence-corrected chi connectivity index (χ0v) is 8.48. The van der Waals surface area contributed by atoms with Crippen molar-refractivity contribution < 1.29 is 5.11 Å². The number of phenols is 1. The zero-order valence-electron chi connectivity index (χ0n) is 8.48. The van der Waals surface area contributed by atoms with Gasteiger partial charge in [-0.3, -0.25) is 0 Å². The molecule has 0 bridgehead atoms. The molecule has 0 aromatic heterocycles. The van der Waals surface area contributed by atoms with E-state index in [1.54, 1.807) is 12.1 Å². The van der Waals surface area contributed by atoms with Crippen molar-refractivity contribution in [3.8, 4) is 11.8 Å². The van der Waals surface area contributed by atoms with Crippen molar-refractivity contribution in [2.75, 3.05) is 13.1 Å². The van der Waals surface area contributed by atoms with Crippen molar-refractivity contribution in [1.82, 2.24) is 5.32 Å². The van der Waals surface area contributed by atoms with E-state index in [0.29, 0.717) is 0 Å². The molecule has 0 radical (unpaired) electrons. The summed E-state index contributed by atoms with van der Waals surface area (Å²) in [5, 5.41) is 21.5. The minimum absolute atomic E-state index is 0.0933. The number of aromatic hydroxyl groups is 1. The van der Waals surface area contributed by atoms with Gasteiger partial charge in [-0.25, -0.2) is 0 Å². The lowest BCUT2D eigenvalue weighted by molar-refractivity contribution is 0.387. The molecule has 2 N–H and O–H groups in total. The van der Waals surface area contributed by atoms with Crippen LogP contribution in [0.1, 0.15) is 17.9 Å². The lowest BCUT2D eigenvalue weighted by Gasteiger charge is -2.27. The lowest BCUT2D eigenvalue weighted by Crippen LogP contribution is -2.34. The fourth-order valence-electron chi connectivity index (χ4n) is 2.08. The predicted molar refractivity (Wildman–Crippen MR) is 57.4 cm³/mol. The molecule has 0 aliphatic carbocycles. The van der Waals surface area contributed by atoms with Gasteiger partial charge in [-0.05, 0) is 30.7 Å². The molecule has 78 valence electrons. The second-order valence-corrected chi connectivity index (χ2v) is 3.93. The van der Waals surface area contributed by atoms with Crippen LogP contribution in [0.5, 0.6) is 5.75 Å². The van der Waals surface area contributed by atoms with Gasteiger partial charge in [0, 0.05) is 12.5 Å². The third kappa shape index (κ3) is 2.11. The summed E-state index contributed by atoms with van der Waals surface area (Å²) < 4.78 is 0. The van der Waals surface area contributed by atoms with E-state index < -0.39 is 0 Å². The monoisotopic (exact) mass is 202 g/mol. The number of nitriles is 1. The van der Waals surface area contributed by atoms with Crippen molar-refractivity contribution in [3.05, 3.63) is 29.8 Å². The number of piperidine rings is 1. The van der Waals surface area contributed by atoms with Gasteiger partial charge < -0.3 is 10.4 Å². The number of phenolic OH excluding ortho intramolecular Hbond substituents is 1. The van der Waals surface area contributed by atoms with E-state index in [4.69, 9.17) is 5.26 Å². The Labute approximate surface area is 89.4 Å². The fourth-order valence-corrected chi connectivity index (χ4v) is 2.08. The maximum absolute atomic E-state index is 9.20. The summed E-state index contributed by atoms with van der Waals surface area (Å²) in [5.74, 6) is 0.621. The molecule has 1 fully saturated rings. The van der Waals surface area contributed by atoms with Gasteiger partial charge in [0.25, 0.3) is 0 Å². The summed E-state index contributed by atoms with van der Waals surface area (Å²) in [5.41, 5.74) is 1.13. The van der Waals surface area contributed by atoms with E-state index in [9.17, 15) is 5.11 Å². The molecule has 0 spiro atoms. The Bertz CT molecular complexity index is 366. The van der Waals surface area contributed by atoms with Crippen LogP contribution >= 0.6 is 0 Å². The standard InChI is InChI=1S/C12H14N2O/c13-7-10-5-6-14-8-12(10)9-1-3-11(15)4-2-9/h1-4,10,12,14-15H,5-6,8H2. The minimum Gasteiger partial charge on any atom is -0.508 e. The van der Waals surface area contributed by atoms with Gasteiger partial charge in [-0.1, -0.05) is 12.1 Å². The molecule has 3 nitrogen and oxygen atoms in total. The number of hydrogen-bond donors (Lipinski definition) is 2. The molecule has 15 heavy (non-hydrogen) atoms. The molecule has 1 saturated heterocycles. The van der Waals surface area contributed by atoms with Crippen LogP contribution in [0.3, 0.4) is 0 Å². The van der Waals surface area contributed by atoms with Crippen molar-refractivity contribution in [2.24, 2.45) is 5.92 Å². The van der Waals surface area contributed by atoms with Crippen molar-refractivity contribution >= 4 is 0 Å². The number of benzene rings is 1. The van der Waals surface area contributed by atoms with Crippen LogP contribution in [0.25, 0.3) is 0 Å². The Morgan fingerprint density at radius 1 is 1.33 bits per heavy atom. The Hall–Kier alpha value is -1.53. The number of nitrogens with one attached hydrogen (secondary N) is 1. The molecule has 1 aliphatic rings. The second kappa shape index (κ2) is 4.33. The van der Waals surface area contributed by atoms with Gasteiger partial charge >= 0.3 is 0 Å². The summed E-state index contributed by atoms with van der Waals surface area (Å²) in [6, 6.07) is 9.52. The molecule has 1 heterocycles. The maximum atomic E-state index is 9.20. The van der Waals surface area contributed by atoms with Crippen molar-refractivity contribution in [1.29, 1.82) is 5.26 Å². The summed E-state index contributed by atoms with van der Waals surface area (Å²) in [6.45, 7) is 1.77. The quantitative estimate of drug-likeness (QED) is 0.727.